The Labute approximate surface area is 149 Å². The summed E-state index contributed by atoms with van der Waals surface area (Å²) in [5.74, 6) is 0.0997. The van der Waals surface area contributed by atoms with Crippen LogP contribution in [0.25, 0.3) is 0 Å². The van der Waals surface area contributed by atoms with Crippen LogP contribution in [0, 0.1) is 0 Å². The maximum Gasteiger partial charge on any atom is 0.248 e. The van der Waals surface area contributed by atoms with Gasteiger partial charge in [0.1, 0.15) is 18.7 Å². The lowest BCUT2D eigenvalue weighted by Crippen LogP contribution is -2.46. The van der Waals surface area contributed by atoms with E-state index >= 15 is 0 Å². The largest absolute Gasteiger partial charge is 0.329 e. The molecule has 0 unspecified atom stereocenters. The maximum absolute atomic E-state index is 13.4. The molecule has 0 fully saturated rings. The third kappa shape index (κ3) is 3.43. The molecule has 0 saturated carbocycles. The number of aryl methyl sites for hydroxylation is 1. The van der Waals surface area contributed by atoms with E-state index in [1.54, 1.807) is 11.0 Å². The van der Waals surface area contributed by atoms with Crippen LogP contribution < -0.4 is 0 Å². The summed E-state index contributed by atoms with van der Waals surface area (Å²) in [5, 5.41) is 4.16. The molecule has 134 valence electrons. The first-order chi connectivity index (χ1) is 12.2. The number of nitrogens with zero attached hydrogens (tertiary/aromatic N) is 5. The second kappa shape index (κ2) is 7.76. The quantitative estimate of drug-likeness (QED) is 0.808. The van der Waals surface area contributed by atoms with Gasteiger partial charge in [-0.15, -0.1) is 0 Å². The minimum Gasteiger partial charge on any atom is -0.329 e. The Kier molecular flexibility index (Phi) is 5.46. The van der Waals surface area contributed by atoms with Crippen molar-refractivity contribution in [3.63, 3.8) is 0 Å². The van der Waals surface area contributed by atoms with E-state index in [1.807, 2.05) is 19.2 Å². The summed E-state index contributed by atoms with van der Waals surface area (Å²) in [7, 11) is 0. The molecule has 2 aromatic heterocycles. The molecular formula is C19H27N5O. The van der Waals surface area contributed by atoms with Crippen molar-refractivity contribution in [1.82, 2.24) is 24.6 Å². The predicted octanol–water partition coefficient (Wildman–Crippen LogP) is 3.33. The fourth-order valence-electron chi connectivity index (χ4n) is 3.87. The summed E-state index contributed by atoms with van der Waals surface area (Å²) in [6.45, 7) is 6.20. The number of fused-ring (bicyclic) bond motifs is 1. The van der Waals surface area contributed by atoms with Crippen molar-refractivity contribution in [3.8, 4) is 0 Å². The van der Waals surface area contributed by atoms with Crippen LogP contribution in [0.15, 0.2) is 31.0 Å². The van der Waals surface area contributed by atoms with Gasteiger partial charge in [0, 0.05) is 12.2 Å². The van der Waals surface area contributed by atoms with Crippen LogP contribution in [-0.4, -0.2) is 36.6 Å². The molecule has 6 heteroatoms. The van der Waals surface area contributed by atoms with Crippen molar-refractivity contribution in [1.29, 1.82) is 0 Å². The molecule has 2 atom stereocenters. The van der Waals surface area contributed by atoms with Gasteiger partial charge in [-0.25, -0.2) is 9.67 Å². The number of amides is 1. The molecule has 0 N–H and O–H groups in total. The third-order valence-electron chi connectivity index (χ3n) is 5.28. The van der Waals surface area contributed by atoms with E-state index in [1.165, 1.54) is 11.9 Å². The summed E-state index contributed by atoms with van der Waals surface area (Å²) in [6.07, 6.45) is 9.90. The molecule has 1 amide bonds. The monoisotopic (exact) mass is 341 g/mol. The van der Waals surface area contributed by atoms with Gasteiger partial charge in [-0.1, -0.05) is 19.9 Å². The van der Waals surface area contributed by atoms with Gasteiger partial charge >= 0.3 is 0 Å². The Morgan fingerprint density at radius 2 is 2.20 bits per heavy atom. The first-order valence-corrected chi connectivity index (χ1v) is 9.27. The molecule has 3 rings (SSSR count). The van der Waals surface area contributed by atoms with Crippen LogP contribution in [-0.2, 0) is 11.2 Å². The van der Waals surface area contributed by atoms with Gasteiger partial charge in [-0.05, 0) is 50.7 Å². The van der Waals surface area contributed by atoms with Crippen LogP contribution in [0.1, 0.15) is 69.8 Å². The average molecular weight is 341 g/mol. The van der Waals surface area contributed by atoms with Gasteiger partial charge in [0.15, 0.2) is 0 Å². The average Bonchev–Trinajstić information content (AvgIpc) is 3.19. The van der Waals surface area contributed by atoms with E-state index in [4.69, 9.17) is 0 Å². The highest BCUT2D eigenvalue weighted by molar-refractivity contribution is 5.80. The van der Waals surface area contributed by atoms with Crippen molar-refractivity contribution in [3.05, 3.63) is 42.2 Å². The van der Waals surface area contributed by atoms with Crippen LogP contribution in [0.5, 0.6) is 0 Å². The lowest BCUT2D eigenvalue weighted by Gasteiger charge is -2.41. The molecule has 0 radical (unpaired) electrons. The van der Waals surface area contributed by atoms with E-state index in [0.29, 0.717) is 0 Å². The molecule has 2 aromatic rings. The highest BCUT2D eigenvalue weighted by Gasteiger charge is 2.36. The molecule has 0 bridgehead atoms. The smallest absolute Gasteiger partial charge is 0.248 e. The summed E-state index contributed by atoms with van der Waals surface area (Å²) >= 11 is 0. The second-order valence-electron chi connectivity index (χ2n) is 6.72. The normalized spacial score (nSPS) is 18.0. The van der Waals surface area contributed by atoms with Gasteiger partial charge in [-0.3, -0.25) is 9.78 Å². The Morgan fingerprint density at radius 1 is 1.40 bits per heavy atom. The SMILES string of the molecule is CCC(CC)N(C(=O)[C@H](C)n1cncn1)[C@H]1CCCc2cccnc21. The summed E-state index contributed by atoms with van der Waals surface area (Å²) in [5.41, 5.74) is 2.34. The van der Waals surface area contributed by atoms with Crippen LogP contribution in [0.4, 0.5) is 0 Å². The molecule has 0 aliphatic heterocycles. The van der Waals surface area contributed by atoms with E-state index < -0.39 is 0 Å². The number of rotatable bonds is 6. The van der Waals surface area contributed by atoms with Gasteiger partial charge < -0.3 is 4.90 Å². The highest BCUT2D eigenvalue weighted by Crippen LogP contribution is 2.36. The molecule has 25 heavy (non-hydrogen) atoms. The van der Waals surface area contributed by atoms with E-state index in [9.17, 15) is 4.79 Å². The number of pyridine rings is 1. The molecular weight excluding hydrogens is 314 g/mol. The molecule has 1 aliphatic rings. The van der Waals surface area contributed by atoms with E-state index in [0.717, 1.165) is 37.8 Å². The molecule has 0 spiro atoms. The first-order valence-electron chi connectivity index (χ1n) is 9.27. The third-order valence-corrected chi connectivity index (χ3v) is 5.28. The molecule has 6 nitrogen and oxygen atoms in total. The van der Waals surface area contributed by atoms with Crippen molar-refractivity contribution >= 4 is 5.91 Å². The lowest BCUT2D eigenvalue weighted by molar-refractivity contribution is -0.140. The van der Waals surface area contributed by atoms with Gasteiger partial charge in [0.05, 0.1) is 11.7 Å². The standard InChI is InChI=1S/C19H27N5O/c1-4-16(5-2)24(19(25)14(3)23-13-20-12-22-23)17-10-6-8-15-9-7-11-21-18(15)17/h7,9,11-14,16-17H,4-6,8,10H2,1-3H3/t14-,17-/m0/s1. The van der Waals surface area contributed by atoms with Crippen molar-refractivity contribution in [2.75, 3.05) is 0 Å². The molecule has 1 aliphatic carbocycles. The van der Waals surface area contributed by atoms with Crippen LogP contribution in [0.2, 0.25) is 0 Å². The Hall–Kier alpha value is -2.24. The molecule has 0 aromatic carbocycles. The molecule has 2 heterocycles. The Morgan fingerprint density at radius 3 is 2.88 bits per heavy atom. The highest BCUT2D eigenvalue weighted by atomic mass is 16.2. The number of hydrogen-bond acceptors (Lipinski definition) is 4. The van der Waals surface area contributed by atoms with Gasteiger partial charge in [-0.2, -0.15) is 5.10 Å². The summed E-state index contributed by atoms with van der Waals surface area (Å²) in [4.78, 5) is 24.1. The number of aromatic nitrogens is 4. The number of carbonyl (C=O) groups is 1. The Balaban J connectivity index is 1.97. The topological polar surface area (TPSA) is 63.9 Å². The fraction of sp³-hybridized carbons (Fsp3) is 0.579. The summed E-state index contributed by atoms with van der Waals surface area (Å²) in [6, 6.07) is 4.02. The number of carbonyl (C=O) groups excluding carboxylic acids is 1. The van der Waals surface area contributed by atoms with Crippen molar-refractivity contribution in [2.24, 2.45) is 0 Å². The number of hydrogen-bond donors (Lipinski definition) is 0. The van der Waals surface area contributed by atoms with Crippen LogP contribution >= 0.6 is 0 Å². The van der Waals surface area contributed by atoms with E-state index in [2.05, 4.69) is 39.9 Å². The minimum atomic E-state index is -0.364. The zero-order chi connectivity index (χ0) is 17.8. The zero-order valence-corrected chi connectivity index (χ0v) is 15.3. The van der Waals surface area contributed by atoms with Gasteiger partial charge in [0.2, 0.25) is 5.91 Å². The van der Waals surface area contributed by atoms with E-state index in [-0.39, 0.29) is 24.0 Å². The van der Waals surface area contributed by atoms with Crippen LogP contribution in [0.3, 0.4) is 0 Å². The predicted molar refractivity (Wildman–Crippen MR) is 95.9 cm³/mol. The lowest BCUT2D eigenvalue weighted by atomic mass is 9.89. The Bertz CT molecular complexity index is 696. The minimum absolute atomic E-state index is 0.0494. The molecule has 0 saturated heterocycles. The first kappa shape index (κ1) is 17.6. The maximum atomic E-state index is 13.4. The van der Waals surface area contributed by atoms with Crippen molar-refractivity contribution in [2.45, 2.75) is 71.0 Å². The second-order valence-corrected chi connectivity index (χ2v) is 6.72. The van der Waals surface area contributed by atoms with Crippen molar-refractivity contribution < 1.29 is 4.79 Å². The summed E-state index contributed by atoms with van der Waals surface area (Å²) < 4.78 is 1.64. The fourth-order valence-corrected chi connectivity index (χ4v) is 3.87. The zero-order valence-electron chi connectivity index (χ0n) is 15.3. The van der Waals surface area contributed by atoms with Gasteiger partial charge in [0.25, 0.3) is 0 Å².